The van der Waals surface area contributed by atoms with E-state index in [0.717, 1.165) is 35.7 Å². The first-order valence-electron chi connectivity index (χ1n) is 10.7. The minimum absolute atomic E-state index is 0.195. The van der Waals surface area contributed by atoms with Crippen molar-refractivity contribution in [2.75, 3.05) is 5.32 Å². The van der Waals surface area contributed by atoms with Gasteiger partial charge in [0, 0.05) is 23.8 Å². The molecule has 3 aromatic heterocycles. The molecule has 4 aromatic rings. The van der Waals surface area contributed by atoms with Crippen LogP contribution in [0, 0.1) is 11.7 Å². The molecule has 1 aliphatic rings. The van der Waals surface area contributed by atoms with E-state index in [9.17, 15) is 4.39 Å². The third-order valence-electron chi connectivity index (χ3n) is 6.25. The molecular formula is C24H25FN4O. The average Bonchev–Trinajstić information content (AvgIpc) is 3.16. The number of aromatic nitrogens is 3. The number of hydrogen-bond donors (Lipinski definition) is 1. The molecule has 0 amide bonds. The van der Waals surface area contributed by atoms with Crippen LogP contribution in [0.1, 0.15) is 50.5 Å². The van der Waals surface area contributed by atoms with E-state index < -0.39 is 0 Å². The van der Waals surface area contributed by atoms with Crippen LogP contribution in [0.3, 0.4) is 0 Å². The molecule has 3 heterocycles. The summed E-state index contributed by atoms with van der Waals surface area (Å²) >= 11 is 0. The fourth-order valence-corrected chi connectivity index (χ4v) is 4.81. The Balaban J connectivity index is 1.20. The third kappa shape index (κ3) is 3.86. The highest BCUT2D eigenvalue weighted by Gasteiger charge is 2.25. The maximum absolute atomic E-state index is 13.8. The molecule has 0 saturated heterocycles. The number of rotatable bonds is 5. The predicted octanol–water partition coefficient (Wildman–Crippen LogP) is 6.07. The van der Waals surface area contributed by atoms with Crippen molar-refractivity contribution in [1.82, 2.24) is 15.0 Å². The van der Waals surface area contributed by atoms with Crippen molar-refractivity contribution in [2.45, 2.75) is 51.0 Å². The molecule has 30 heavy (non-hydrogen) atoms. The molecule has 1 atom stereocenters. The second kappa shape index (κ2) is 8.01. The zero-order valence-corrected chi connectivity index (χ0v) is 17.0. The number of halogens is 1. The number of nitrogens with zero attached hydrogens (tertiary/aromatic N) is 3. The van der Waals surface area contributed by atoms with Gasteiger partial charge in [-0.2, -0.15) is 4.98 Å². The summed E-state index contributed by atoms with van der Waals surface area (Å²) in [7, 11) is 0. The van der Waals surface area contributed by atoms with E-state index in [4.69, 9.17) is 4.42 Å². The normalized spacial score (nSPS) is 20.5. The summed E-state index contributed by atoms with van der Waals surface area (Å²) in [4.78, 5) is 13.0. The maximum atomic E-state index is 13.8. The Kier molecular flexibility index (Phi) is 5.07. The molecular weight excluding hydrogens is 379 g/mol. The van der Waals surface area contributed by atoms with Crippen molar-refractivity contribution in [2.24, 2.45) is 5.92 Å². The Morgan fingerprint density at radius 3 is 2.77 bits per heavy atom. The predicted molar refractivity (Wildman–Crippen MR) is 116 cm³/mol. The molecule has 0 bridgehead atoms. The second-order valence-electron chi connectivity index (χ2n) is 8.41. The van der Waals surface area contributed by atoms with Crippen molar-refractivity contribution in [3.8, 4) is 0 Å². The molecule has 1 unspecified atom stereocenters. The summed E-state index contributed by atoms with van der Waals surface area (Å²) in [5, 5.41) is 4.34. The first kappa shape index (κ1) is 19.0. The summed E-state index contributed by atoms with van der Waals surface area (Å²) in [6, 6.07) is 11.5. The molecule has 5 rings (SSSR count). The molecule has 1 aromatic carbocycles. The highest BCUT2D eigenvalue weighted by molar-refractivity contribution is 5.82. The lowest BCUT2D eigenvalue weighted by Crippen LogP contribution is -2.23. The van der Waals surface area contributed by atoms with Crippen molar-refractivity contribution in [3.63, 3.8) is 0 Å². The third-order valence-corrected chi connectivity index (χ3v) is 6.25. The minimum Gasteiger partial charge on any atom is -0.404 e. The Morgan fingerprint density at radius 1 is 1.07 bits per heavy atom. The smallest absolute Gasteiger partial charge is 0.297 e. The Hall–Kier alpha value is -3.02. The zero-order chi connectivity index (χ0) is 20.5. The first-order chi connectivity index (χ1) is 14.7. The van der Waals surface area contributed by atoms with Crippen LogP contribution in [0.25, 0.3) is 22.1 Å². The lowest BCUT2D eigenvalue weighted by Gasteiger charge is -2.31. The van der Waals surface area contributed by atoms with Crippen LogP contribution in [-0.4, -0.2) is 21.0 Å². The molecule has 1 aliphatic carbocycles. The largest absolute Gasteiger partial charge is 0.404 e. The van der Waals surface area contributed by atoms with Gasteiger partial charge in [-0.15, -0.1) is 0 Å². The second-order valence-corrected chi connectivity index (χ2v) is 8.41. The van der Waals surface area contributed by atoms with Crippen LogP contribution in [-0.2, 0) is 0 Å². The van der Waals surface area contributed by atoms with Crippen molar-refractivity contribution in [3.05, 3.63) is 60.2 Å². The van der Waals surface area contributed by atoms with Crippen LogP contribution in [0.2, 0.25) is 0 Å². The van der Waals surface area contributed by atoms with Gasteiger partial charge >= 0.3 is 0 Å². The summed E-state index contributed by atoms with van der Waals surface area (Å²) in [5.41, 5.74) is 3.45. The Labute approximate surface area is 174 Å². The quantitative estimate of drug-likeness (QED) is 0.437. The van der Waals surface area contributed by atoms with Gasteiger partial charge in [0.15, 0.2) is 0 Å². The van der Waals surface area contributed by atoms with Gasteiger partial charge in [0.25, 0.3) is 6.01 Å². The lowest BCUT2D eigenvalue weighted by molar-refractivity contribution is 0.301. The molecule has 0 aliphatic heterocycles. The molecule has 1 fully saturated rings. The number of pyridine rings is 2. The van der Waals surface area contributed by atoms with E-state index in [-0.39, 0.29) is 11.9 Å². The monoisotopic (exact) mass is 404 g/mol. The highest BCUT2D eigenvalue weighted by Crippen LogP contribution is 2.40. The number of anilines is 1. The number of fused-ring (bicyclic) bond motifs is 2. The summed E-state index contributed by atoms with van der Waals surface area (Å²) in [6.45, 7) is 2.17. The Bertz CT molecular complexity index is 1130. The van der Waals surface area contributed by atoms with Crippen LogP contribution < -0.4 is 5.32 Å². The number of nitrogens with one attached hydrogen (secondary N) is 1. The SMILES string of the molecule is CC(CC1CCC(c2ccnc3ccc(F)cc23)CC1)Nc1nc2cccnc2o1. The molecule has 1 saturated carbocycles. The van der Waals surface area contributed by atoms with E-state index in [1.165, 1.54) is 24.5 Å². The van der Waals surface area contributed by atoms with Crippen molar-refractivity contribution < 1.29 is 8.81 Å². The van der Waals surface area contributed by atoms with Crippen LogP contribution in [0.15, 0.2) is 53.2 Å². The van der Waals surface area contributed by atoms with Gasteiger partial charge in [0.1, 0.15) is 11.3 Å². The van der Waals surface area contributed by atoms with Crippen molar-refractivity contribution >= 4 is 28.1 Å². The fraction of sp³-hybridized carbons (Fsp3) is 0.375. The average molecular weight is 404 g/mol. The minimum atomic E-state index is -0.195. The number of benzene rings is 1. The van der Waals surface area contributed by atoms with Gasteiger partial charge in [-0.3, -0.25) is 4.98 Å². The number of hydrogen-bond acceptors (Lipinski definition) is 5. The van der Waals surface area contributed by atoms with E-state index >= 15 is 0 Å². The van der Waals surface area contributed by atoms with E-state index in [2.05, 4.69) is 33.3 Å². The van der Waals surface area contributed by atoms with Crippen LogP contribution >= 0.6 is 0 Å². The summed E-state index contributed by atoms with van der Waals surface area (Å²) in [5.74, 6) is 0.941. The first-order valence-corrected chi connectivity index (χ1v) is 10.7. The van der Waals surface area contributed by atoms with Gasteiger partial charge in [0.2, 0.25) is 5.71 Å². The molecule has 0 radical (unpaired) electrons. The Morgan fingerprint density at radius 2 is 1.93 bits per heavy atom. The molecule has 154 valence electrons. The number of oxazole rings is 1. The highest BCUT2D eigenvalue weighted by atomic mass is 19.1. The van der Waals surface area contributed by atoms with E-state index in [1.807, 2.05) is 18.3 Å². The van der Waals surface area contributed by atoms with Gasteiger partial charge in [-0.1, -0.05) is 0 Å². The zero-order valence-electron chi connectivity index (χ0n) is 17.0. The van der Waals surface area contributed by atoms with Crippen LogP contribution in [0.5, 0.6) is 0 Å². The molecule has 0 spiro atoms. The lowest BCUT2D eigenvalue weighted by atomic mass is 9.76. The van der Waals surface area contributed by atoms with E-state index in [1.54, 1.807) is 18.3 Å². The fourth-order valence-electron chi connectivity index (χ4n) is 4.81. The van der Waals surface area contributed by atoms with Gasteiger partial charge in [-0.25, -0.2) is 9.37 Å². The van der Waals surface area contributed by atoms with Crippen LogP contribution in [0.4, 0.5) is 10.4 Å². The van der Waals surface area contributed by atoms with E-state index in [0.29, 0.717) is 23.6 Å². The van der Waals surface area contributed by atoms with Crippen molar-refractivity contribution in [1.29, 1.82) is 0 Å². The summed E-state index contributed by atoms with van der Waals surface area (Å²) in [6.07, 6.45) is 9.22. The topological polar surface area (TPSA) is 63.8 Å². The summed E-state index contributed by atoms with van der Waals surface area (Å²) < 4.78 is 19.5. The molecule has 5 nitrogen and oxygen atoms in total. The van der Waals surface area contributed by atoms with Gasteiger partial charge < -0.3 is 9.73 Å². The standard InChI is InChI=1S/C24H25FN4O/c1-15(28-24-29-22-3-2-11-27-23(22)30-24)13-16-4-6-17(7-5-16)19-10-12-26-21-9-8-18(25)14-20(19)21/h2-3,8-12,14-17H,4-7,13H2,1H3,(H,28,29). The molecule has 6 heteroatoms. The molecule has 1 N–H and O–H groups in total. The maximum Gasteiger partial charge on any atom is 0.297 e. The van der Waals surface area contributed by atoms with Gasteiger partial charge in [0.05, 0.1) is 5.52 Å². The van der Waals surface area contributed by atoms with Gasteiger partial charge in [-0.05, 0) is 92.8 Å².